The van der Waals surface area contributed by atoms with Crippen molar-refractivity contribution in [2.75, 3.05) is 5.32 Å². The zero-order valence-electron chi connectivity index (χ0n) is 18.4. The highest BCUT2D eigenvalue weighted by Gasteiger charge is 2.68. The number of carbonyl (C=O) groups is 1. The van der Waals surface area contributed by atoms with Gasteiger partial charge in [0, 0.05) is 32.3 Å². The highest BCUT2D eigenvalue weighted by Crippen LogP contribution is 2.51. The summed E-state index contributed by atoms with van der Waals surface area (Å²) in [6.45, 7) is 2.05. The average Bonchev–Trinajstić information content (AvgIpc) is 3.29. The number of nitrogens with one attached hydrogen (secondary N) is 2. The number of ether oxygens (including phenoxy) is 1. The number of nitro groups is 1. The highest BCUT2D eigenvalue weighted by molar-refractivity contribution is 9.10. The van der Waals surface area contributed by atoms with E-state index in [9.17, 15) is 14.9 Å². The number of hydrogen-bond acceptors (Lipinski definition) is 5. The smallest absolute Gasteiger partial charge is 0.256 e. The molecule has 2 N–H and O–H groups in total. The second-order valence-corrected chi connectivity index (χ2v) is 10.4. The fourth-order valence-electron chi connectivity index (χ4n) is 5.22. The zero-order chi connectivity index (χ0) is 24.9. The van der Waals surface area contributed by atoms with Gasteiger partial charge in [-0.3, -0.25) is 20.2 Å². The molecule has 4 atom stereocenters. The highest BCUT2D eigenvalue weighted by atomic mass is 79.9. The largest absolute Gasteiger partial charge is 0.489 e. The predicted octanol–water partition coefficient (Wildman–Crippen LogP) is 5.90. The van der Waals surface area contributed by atoms with Crippen LogP contribution in [0.3, 0.4) is 0 Å². The topological polar surface area (TPSA) is 93.5 Å². The van der Waals surface area contributed by atoms with Crippen molar-refractivity contribution in [3.8, 4) is 5.75 Å². The third-order valence-electron chi connectivity index (χ3n) is 6.67. The van der Waals surface area contributed by atoms with Crippen molar-refractivity contribution >= 4 is 50.7 Å². The first kappa shape index (κ1) is 24.1. The van der Waals surface area contributed by atoms with Crippen LogP contribution in [0.25, 0.3) is 0 Å². The van der Waals surface area contributed by atoms with Gasteiger partial charge in [-0.1, -0.05) is 63.4 Å². The Balaban J connectivity index is 1.56. The van der Waals surface area contributed by atoms with Gasteiger partial charge in [-0.2, -0.15) is 0 Å². The third kappa shape index (κ3) is 3.98. The summed E-state index contributed by atoms with van der Waals surface area (Å²) in [6, 6.07) is 16.0. The summed E-state index contributed by atoms with van der Waals surface area (Å²) in [5.41, 5.74) is 1.10. The number of benzene rings is 3. The van der Waals surface area contributed by atoms with E-state index in [-0.39, 0.29) is 11.5 Å². The van der Waals surface area contributed by atoms with Gasteiger partial charge in [0.1, 0.15) is 12.4 Å². The maximum atomic E-state index is 13.3. The van der Waals surface area contributed by atoms with Crippen molar-refractivity contribution < 1.29 is 14.5 Å². The summed E-state index contributed by atoms with van der Waals surface area (Å²) in [4.78, 5) is 25.5. The predicted molar refractivity (Wildman–Crippen MR) is 138 cm³/mol. The van der Waals surface area contributed by atoms with Gasteiger partial charge in [-0.15, -0.1) is 0 Å². The zero-order valence-corrected chi connectivity index (χ0v) is 21.5. The fraction of sp³-hybridized carbons (Fsp3) is 0.240. The molecule has 1 amide bonds. The SMILES string of the molecule is C[C@@H]1N[C@]2(C(=O)Nc3ccccc32)[C@H]([N+](=O)[O-])[C@H]1c1cc(Br)ccc1OCc1ccc(Cl)c(Cl)c1. The molecule has 7 nitrogen and oxygen atoms in total. The molecule has 35 heavy (non-hydrogen) atoms. The van der Waals surface area contributed by atoms with Crippen molar-refractivity contribution in [2.45, 2.75) is 37.1 Å². The maximum Gasteiger partial charge on any atom is 0.256 e. The molecule has 180 valence electrons. The molecule has 2 aliphatic rings. The number of rotatable bonds is 5. The molecule has 0 aliphatic carbocycles. The van der Waals surface area contributed by atoms with E-state index in [0.717, 1.165) is 10.0 Å². The van der Waals surface area contributed by atoms with Crippen LogP contribution in [0.4, 0.5) is 5.69 Å². The molecule has 10 heteroatoms. The van der Waals surface area contributed by atoms with Crippen LogP contribution in [0.2, 0.25) is 10.0 Å². The number of anilines is 1. The molecular weight excluding hydrogens is 557 g/mol. The van der Waals surface area contributed by atoms with Gasteiger partial charge in [-0.25, -0.2) is 0 Å². The Morgan fingerprint density at radius 2 is 1.89 bits per heavy atom. The van der Waals surface area contributed by atoms with Gasteiger partial charge < -0.3 is 10.1 Å². The van der Waals surface area contributed by atoms with Crippen LogP contribution >= 0.6 is 39.1 Å². The molecule has 0 radical (unpaired) electrons. The molecule has 0 bridgehead atoms. The summed E-state index contributed by atoms with van der Waals surface area (Å²) in [6.07, 6.45) is 0. The van der Waals surface area contributed by atoms with Crippen LogP contribution in [0.15, 0.2) is 65.1 Å². The molecule has 3 aromatic rings. The standard InChI is InChI=1S/C25H20BrCl2N3O4/c1-13-22(23(31(33)34)25(30-13)17-4-2-3-5-20(17)29-24(25)32)16-11-15(26)7-9-21(16)35-12-14-6-8-18(27)19(28)10-14/h2-11,13,22-23,30H,12H2,1H3,(H,29,32)/t13-,22+,23+,25-/m0/s1. The summed E-state index contributed by atoms with van der Waals surface area (Å²) in [5, 5.41) is 19.6. The van der Waals surface area contributed by atoms with E-state index in [2.05, 4.69) is 26.6 Å². The minimum Gasteiger partial charge on any atom is -0.489 e. The first-order chi connectivity index (χ1) is 16.7. The molecule has 0 unspecified atom stereocenters. The van der Waals surface area contributed by atoms with E-state index in [4.69, 9.17) is 27.9 Å². The lowest BCUT2D eigenvalue weighted by atomic mass is 9.78. The third-order valence-corrected chi connectivity index (χ3v) is 7.90. The number of hydrogen-bond donors (Lipinski definition) is 2. The van der Waals surface area contributed by atoms with Crippen molar-refractivity contribution in [3.63, 3.8) is 0 Å². The summed E-state index contributed by atoms with van der Waals surface area (Å²) >= 11 is 15.6. The molecule has 1 spiro atoms. The molecule has 1 fully saturated rings. The normalized spacial score (nSPS) is 24.9. The molecule has 0 aromatic heterocycles. The summed E-state index contributed by atoms with van der Waals surface area (Å²) < 4.78 is 6.89. The number of para-hydroxylation sites is 1. The second kappa shape index (κ2) is 9.09. The lowest BCUT2D eigenvalue weighted by Crippen LogP contribution is -2.54. The van der Waals surface area contributed by atoms with E-state index >= 15 is 0 Å². The molecule has 1 saturated heterocycles. The van der Waals surface area contributed by atoms with Crippen LogP contribution < -0.4 is 15.4 Å². The average molecular weight is 577 g/mol. The van der Waals surface area contributed by atoms with Crippen molar-refractivity contribution in [1.29, 1.82) is 0 Å². The molecule has 3 aromatic carbocycles. The van der Waals surface area contributed by atoms with Crippen LogP contribution in [0, 0.1) is 10.1 Å². The second-order valence-electron chi connectivity index (χ2n) is 8.72. The van der Waals surface area contributed by atoms with Crippen LogP contribution in [0.1, 0.15) is 29.5 Å². The number of amides is 1. The van der Waals surface area contributed by atoms with E-state index in [1.54, 1.807) is 48.5 Å². The molecular formula is C25H20BrCl2N3O4. The molecule has 2 aliphatic heterocycles. The van der Waals surface area contributed by atoms with Gasteiger partial charge in [0.2, 0.25) is 0 Å². The minimum atomic E-state index is -1.49. The van der Waals surface area contributed by atoms with E-state index in [0.29, 0.717) is 32.6 Å². The Kier molecular flexibility index (Phi) is 6.25. The molecule has 0 saturated carbocycles. The maximum absolute atomic E-state index is 13.3. The Morgan fingerprint density at radius 3 is 2.63 bits per heavy atom. The van der Waals surface area contributed by atoms with E-state index in [1.807, 2.05) is 19.1 Å². The van der Waals surface area contributed by atoms with Crippen LogP contribution in [0.5, 0.6) is 5.75 Å². The Labute approximate surface area is 220 Å². The number of fused-ring (bicyclic) bond motifs is 2. The monoisotopic (exact) mass is 575 g/mol. The van der Waals surface area contributed by atoms with Crippen LogP contribution in [-0.2, 0) is 16.9 Å². The van der Waals surface area contributed by atoms with Crippen molar-refractivity contribution in [1.82, 2.24) is 5.32 Å². The molecule has 5 rings (SSSR count). The summed E-state index contributed by atoms with van der Waals surface area (Å²) in [7, 11) is 0. The van der Waals surface area contributed by atoms with Gasteiger partial charge in [0.25, 0.3) is 11.9 Å². The minimum absolute atomic E-state index is 0.192. The van der Waals surface area contributed by atoms with Gasteiger partial charge in [0.15, 0.2) is 5.54 Å². The Hall–Kier alpha value is -2.65. The van der Waals surface area contributed by atoms with Gasteiger partial charge in [0.05, 0.1) is 16.0 Å². The Bertz CT molecular complexity index is 1350. The van der Waals surface area contributed by atoms with Crippen molar-refractivity contribution in [2.24, 2.45) is 0 Å². The quantitative estimate of drug-likeness (QED) is 0.291. The lowest BCUT2D eigenvalue weighted by Gasteiger charge is -2.26. The van der Waals surface area contributed by atoms with Gasteiger partial charge in [-0.05, 0) is 48.9 Å². The molecule has 2 heterocycles. The van der Waals surface area contributed by atoms with E-state index in [1.165, 1.54) is 0 Å². The fourth-order valence-corrected chi connectivity index (χ4v) is 5.92. The van der Waals surface area contributed by atoms with Gasteiger partial charge >= 0.3 is 0 Å². The Morgan fingerprint density at radius 1 is 1.11 bits per heavy atom. The van der Waals surface area contributed by atoms with Crippen LogP contribution in [-0.4, -0.2) is 22.9 Å². The first-order valence-electron chi connectivity index (χ1n) is 10.9. The number of nitrogens with zero attached hydrogens (tertiary/aromatic N) is 1. The van der Waals surface area contributed by atoms with E-state index < -0.39 is 29.4 Å². The lowest BCUT2D eigenvalue weighted by molar-refractivity contribution is -0.532. The summed E-state index contributed by atoms with van der Waals surface area (Å²) in [5.74, 6) is -0.584. The number of carbonyl (C=O) groups excluding carboxylic acids is 1. The first-order valence-corrected chi connectivity index (χ1v) is 12.5. The van der Waals surface area contributed by atoms with Crippen molar-refractivity contribution in [3.05, 3.63) is 102 Å². The number of halogens is 3.